The Morgan fingerprint density at radius 3 is 2.31 bits per heavy atom. The molecule has 2 aliphatic rings. The summed E-state index contributed by atoms with van der Waals surface area (Å²) in [5.41, 5.74) is -5.46. The van der Waals surface area contributed by atoms with Crippen molar-refractivity contribution in [1.82, 2.24) is 0 Å². The number of Topliss-reactive ketones (excluding diaryl/α,β-unsaturated/α-hetero) is 1. The van der Waals surface area contributed by atoms with Crippen LogP contribution in [-0.4, -0.2) is 25.8 Å². The maximum atomic E-state index is 12.0. The van der Waals surface area contributed by atoms with Crippen molar-refractivity contribution in [3.8, 4) is 0 Å². The average molecular weight is 258 g/mol. The van der Waals surface area contributed by atoms with Crippen LogP contribution in [0.5, 0.6) is 0 Å². The van der Waals surface area contributed by atoms with Gasteiger partial charge in [0.2, 0.25) is 0 Å². The second-order valence-electron chi connectivity index (χ2n) is 4.09. The molecule has 0 aliphatic heterocycles. The van der Waals surface area contributed by atoms with Gasteiger partial charge < -0.3 is 0 Å². The highest BCUT2D eigenvalue weighted by Crippen LogP contribution is 2.44. The fourth-order valence-electron chi connectivity index (χ4n) is 2.33. The topological polar surface area (TPSA) is 60.4 Å². The van der Waals surface area contributed by atoms with E-state index in [9.17, 15) is 26.4 Å². The van der Waals surface area contributed by atoms with Gasteiger partial charge in [-0.25, -0.2) is 0 Å². The predicted molar refractivity (Wildman–Crippen MR) is 45.7 cm³/mol. The van der Waals surface area contributed by atoms with E-state index >= 15 is 0 Å². The number of fused-ring (bicyclic) bond motifs is 2. The number of halogens is 3. The molecule has 3 atom stereocenters. The lowest BCUT2D eigenvalue weighted by Gasteiger charge is -2.20. The normalized spacial score (nSPS) is 34.7. The summed E-state index contributed by atoms with van der Waals surface area (Å²) < 4.78 is 61.6. The molecule has 92 valence electrons. The number of hydrogen-bond acceptors (Lipinski definition) is 4. The molecule has 0 N–H and O–H groups in total. The van der Waals surface area contributed by atoms with Crippen LogP contribution in [-0.2, 0) is 19.1 Å². The molecule has 0 aromatic heterocycles. The Morgan fingerprint density at radius 2 is 1.88 bits per heavy atom. The van der Waals surface area contributed by atoms with E-state index < -0.39 is 27.5 Å². The Kier molecular flexibility index (Phi) is 2.54. The van der Waals surface area contributed by atoms with Crippen molar-refractivity contribution in [2.45, 2.75) is 30.9 Å². The lowest BCUT2D eigenvalue weighted by atomic mass is 9.97. The van der Waals surface area contributed by atoms with Gasteiger partial charge in [-0.05, 0) is 25.2 Å². The number of carbonyl (C=O) groups excluding carboxylic acids is 1. The summed E-state index contributed by atoms with van der Waals surface area (Å²) in [6.45, 7) is 0. The van der Waals surface area contributed by atoms with Crippen molar-refractivity contribution in [2.24, 2.45) is 11.8 Å². The molecule has 8 heteroatoms. The van der Waals surface area contributed by atoms with Crippen LogP contribution < -0.4 is 0 Å². The molecule has 0 unspecified atom stereocenters. The molecule has 0 heterocycles. The second-order valence-corrected chi connectivity index (χ2v) is 5.65. The number of rotatable bonds is 2. The number of carbonyl (C=O) groups is 1. The van der Waals surface area contributed by atoms with Crippen molar-refractivity contribution in [1.29, 1.82) is 0 Å². The third-order valence-electron chi connectivity index (χ3n) is 3.10. The number of ketones is 1. The van der Waals surface area contributed by atoms with E-state index in [-0.39, 0.29) is 11.8 Å². The summed E-state index contributed by atoms with van der Waals surface area (Å²) in [5, 5.41) is 0. The zero-order valence-electron chi connectivity index (χ0n) is 8.03. The average Bonchev–Trinajstić information content (AvgIpc) is 2.67. The summed E-state index contributed by atoms with van der Waals surface area (Å²) in [6, 6.07) is 0. The van der Waals surface area contributed by atoms with E-state index in [4.69, 9.17) is 0 Å². The molecule has 0 saturated heterocycles. The lowest BCUT2D eigenvalue weighted by Crippen LogP contribution is -2.37. The Hall–Kier alpha value is -0.630. The minimum Gasteiger partial charge on any atom is -0.296 e. The van der Waals surface area contributed by atoms with Gasteiger partial charge in [0.25, 0.3) is 0 Å². The molecule has 2 rings (SSSR count). The molecule has 4 nitrogen and oxygen atoms in total. The second kappa shape index (κ2) is 3.43. The molecule has 0 aromatic rings. The molecular formula is C8H9F3O4S. The van der Waals surface area contributed by atoms with Crippen LogP contribution in [0.3, 0.4) is 0 Å². The van der Waals surface area contributed by atoms with Gasteiger partial charge in [-0.2, -0.15) is 21.6 Å². The van der Waals surface area contributed by atoms with Crippen molar-refractivity contribution in [3.05, 3.63) is 0 Å². The molecule has 2 fully saturated rings. The van der Waals surface area contributed by atoms with Gasteiger partial charge >= 0.3 is 15.6 Å². The van der Waals surface area contributed by atoms with Crippen LogP contribution >= 0.6 is 0 Å². The maximum Gasteiger partial charge on any atom is 0.523 e. The van der Waals surface area contributed by atoms with Gasteiger partial charge in [0.15, 0.2) is 5.78 Å². The minimum atomic E-state index is -5.66. The van der Waals surface area contributed by atoms with E-state index in [0.717, 1.165) is 0 Å². The molecule has 16 heavy (non-hydrogen) atoms. The number of hydrogen-bond donors (Lipinski definition) is 0. The highest BCUT2D eigenvalue weighted by Gasteiger charge is 2.55. The highest BCUT2D eigenvalue weighted by molar-refractivity contribution is 7.87. The SMILES string of the molecule is O=C1[C@@H]2CC[C@@H](C2)[C@@H]1OS(=O)(=O)C(F)(F)F. The molecule has 2 bridgehead atoms. The van der Waals surface area contributed by atoms with Crippen LogP contribution in [0.15, 0.2) is 0 Å². The lowest BCUT2D eigenvalue weighted by molar-refractivity contribution is -0.129. The highest BCUT2D eigenvalue weighted by atomic mass is 32.2. The first-order chi connectivity index (χ1) is 7.22. The first-order valence-corrected chi connectivity index (χ1v) is 6.16. The molecular weight excluding hydrogens is 249 g/mol. The van der Waals surface area contributed by atoms with Gasteiger partial charge in [-0.1, -0.05) is 0 Å². The van der Waals surface area contributed by atoms with Gasteiger partial charge in [-0.15, -0.1) is 0 Å². The first-order valence-electron chi connectivity index (χ1n) is 4.75. The molecule has 0 spiro atoms. The standard InChI is InChI=1S/C8H9F3O4S/c9-8(10,11)16(13,14)15-7-5-2-1-4(3-5)6(7)12/h4-5,7H,1-3H2/t4-,5+,7+/m1/s1. The quantitative estimate of drug-likeness (QED) is 0.552. The van der Waals surface area contributed by atoms with E-state index in [1.807, 2.05) is 0 Å². The predicted octanol–water partition coefficient (Wildman–Crippen LogP) is 1.22. The Morgan fingerprint density at radius 1 is 1.25 bits per heavy atom. The third-order valence-corrected chi connectivity index (χ3v) is 4.13. The fraction of sp³-hybridized carbons (Fsp3) is 0.875. The largest absolute Gasteiger partial charge is 0.523 e. The van der Waals surface area contributed by atoms with Crippen molar-refractivity contribution in [3.63, 3.8) is 0 Å². The van der Waals surface area contributed by atoms with Crippen LogP contribution in [0.25, 0.3) is 0 Å². The van der Waals surface area contributed by atoms with Gasteiger partial charge in [-0.3, -0.25) is 8.98 Å². The number of alkyl halides is 3. The summed E-state index contributed by atoms with van der Waals surface area (Å²) in [7, 11) is -5.66. The zero-order chi connectivity index (χ0) is 12.1. The van der Waals surface area contributed by atoms with E-state index in [0.29, 0.717) is 19.3 Å². The van der Waals surface area contributed by atoms with Crippen LogP contribution in [0.1, 0.15) is 19.3 Å². The van der Waals surface area contributed by atoms with Gasteiger partial charge in [0, 0.05) is 5.92 Å². The van der Waals surface area contributed by atoms with Gasteiger partial charge in [0.1, 0.15) is 6.10 Å². The monoisotopic (exact) mass is 258 g/mol. The van der Waals surface area contributed by atoms with Crippen LogP contribution in [0.2, 0.25) is 0 Å². The molecule has 2 saturated carbocycles. The van der Waals surface area contributed by atoms with Gasteiger partial charge in [0.05, 0.1) is 0 Å². The summed E-state index contributed by atoms with van der Waals surface area (Å²) in [5.74, 6) is -1.21. The summed E-state index contributed by atoms with van der Waals surface area (Å²) in [6.07, 6.45) is 0.186. The third kappa shape index (κ3) is 1.73. The van der Waals surface area contributed by atoms with Crippen molar-refractivity contribution >= 4 is 15.9 Å². The molecule has 0 aromatic carbocycles. The van der Waals surface area contributed by atoms with E-state index in [1.165, 1.54) is 0 Å². The molecule has 2 aliphatic carbocycles. The van der Waals surface area contributed by atoms with Crippen molar-refractivity contribution < 1.29 is 30.6 Å². The summed E-state index contributed by atoms with van der Waals surface area (Å²) >= 11 is 0. The fourth-order valence-corrected chi connectivity index (χ4v) is 2.97. The Bertz CT molecular complexity index is 413. The molecule has 0 amide bonds. The molecule has 0 radical (unpaired) electrons. The Balaban J connectivity index is 2.15. The van der Waals surface area contributed by atoms with E-state index in [2.05, 4.69) is 4.18 Å². The smallest absolute Gasteiger partial charge is 0.296 e. The van der Waals surface area contributed by atoms with Crippen LogP contribution in [0.4, 0.5) is 13.2 Å². The minimum absolute atomic E-state index is 0.321. The van der Waals surface area contributed by atoms with Crippen LogP contribution in [0, 0.1) is 11.8 Å². The Labute approximate surface area is 89.9 Å². The van der Waals surface area contributed by atoms with E-state index in [1.54, 1.807) is 0 Å². The van der Waals surface area contributed by atoms with Crippen molar-refractivity contribution in [2.75, 3.05) is 0 Å². The zero-order valence-corrected chi connectivity index (χ0v) is 8.85. The summed E-state index contributed by atoms with van der Waals surface area (Å²) in [4.78, 5) is 11.4. The maximum absolute atomic E-state index is 12.0. The first kappa shape index (κ1) is 11.8.